The summed E-state index contributed by atoms with van der Waals surface area (Å²) in [5.74, 6) is -1.88. The number of hydrogen-bond acceptors (Lipinski definition) is 7. The van der Waals surface area contributed by atoms with Gasteiger partial charge in [-0.1, -0.05) is 13.8 Å². The Kier molecular flexibility index (Phi) is 11.4. The van der Waals surface area contributed by atoms with E-state index in [1.807, 2.05) is 26.1 Å². The van der Waals surface area contributed by atoms with Gasteiger partial charge in [0.05, 0.1) is 11.0 Å². The summed E-state index contributed by atoms with van der Waals surface area (Å²) >= 11 is 0.657. The number of amides is 2. The van der Waals surface area contributed by atoms with Crippen molar-refractivity contribution < 1.29 is 36.6 Å². The molecule has 0 radical (unpaired) electrons. The van der Waals surface area contributed by atoms with Crippen LogP contribution in [0.5, 0.6) is 0 Å². The van der Waals surface area contributed by atoms with Crippen LogP contribution in [0.2, 0.25) is 0 Å². The highest BCUT2D eigenvalue weighted by Crippen LogP contribution is 2.38. The predicted molar refractivity (Wildman–Crippen MR) is 134 cm³/mol. The molecule has 2 aromatic rings. The summed E-state index contributed by atoms with van der Waals surface area (Å²) in [6, 6.07) is 0.683. The van der Waals surface area contributed by atoms with Gasteiger partial charge in [0.1, 0.15) is 18.1 Å². The van der Waals surface area contributed by atoms with E-state index in [2.05, 4.69) is 9.97 Å². The van der Waals surface area contributed by atoms with Crippen molar-refractivity contribution in [2.24, 2.45) is 5.73 Å². The van der Waals surface area contributed by atoms with Gasteiger partial charge in [-0.05, 0) is 45.1 Å². The lowest BCUT2D eigenvalue weighted by Gasteiger charge is -2.21. The third kappa shape index (κ3) is 8.32. The molecule has 2 fully saturated rings. The van der Waals surface area contributed by atoms with E-state index in [0.29, 0.717) is 17.9 Å². The van der Waals surface area contributed by atoms with Gasteiger partial charge in [0.25, 0.3) is 18.2 Å². The number of pyridine rings is 1. The maximum atomic E-state index is 13.7. The summed E-state index contributed by atoms with van der Waals surface area (Å²) in [6.45, 7) is 4.83. The number of aliphatic hydroxyl groups excluding tert-OH is 1. The fourth-order valence-electron chi connectivity index (χ4n) is 3.64. The summed E-state index contributed by atoms with van der Waals surface area (Å²) in [5, 5.41) is 10.1. The van der Waals surface area contributed by atoms with Crippen molar-refractivity contribution in [3.05, 3.63) is 28.5 Å². The Balaban J connectivity index is 0.000000636. The maximum Gasteiger partial charge on any atom is 0.405 e. The molecule has 1 saturated heterocycles. The topological polar surface area (TPSA) is 121 Å². The summed E-state index contributed by atoms with van der Waals surface area (Å²) in [5.41, 5.74) is 4.19. The smallest absolute Gasteiger partial charge is 0.393 e. The van der Waals surface area contributed by atoms with Gasteiger partial charge in [0.2, 0.25) is 0 Å². The summed E-state index contributed by atoms with van der Waals surface area (Å²) in [7, 11) is 0. The van der Waals surface area contributed by atoms with Gasteiger partial charge >= 0.3 is 6.18 Å². The number of likely N-dealkylation sites (tertiary alicyclic amines) is 1. The zero-order valence-corrected chi connectivity index (χ0v) is 22.1. The van der Waals surface area contributed by atoms with E-state index in [4.69, 9.17) is 10.8 Å². The highest BCUT2D eigenvalue weighted by atomic mass is 32.1. The van der Waals surface area contributed by atoms with Crippen molar-refractivity contribution in [1.82, 2.24) is 14.9 Å². The molecule has 2 aromatic heterocycles. The minimum Gasteiger partial charge on any atom is -0.393 e. The standard InChI is InChI=1S/C18H18F5N5O2S.C4H8O.C2H6/c1-8-3-2-4-28(8)17(30)12-13(31-16(27-12)15(24)29)10-6-25-11(5-9(10)14(19)20)26-7-18(21,22)23;5-4-2-1-3-4;1-2/h5-6,8,14H,2-4,7H2,1H3,(H2,24,29)(H,25,26);4-5H,1-3H2;1-2H3. The minimum absolute atomic E-state index is 0.0388. The SMILES string of the molecule is CC.CC1CCCN1C(=O)c1nc(C(N)=O)sc1-c1cnc(NCC(F)(F)F)cc1C(F)F.OC1CCC1. The Hall–Kier alpha value is -2.87. The third-order valence-corrected chi connectivity index (χ3v) is 6.92. The number of halogens is 5. The minimum atomic E-state index is -4.56. The van der Waals surface area contributed by atoms with E-state index < -0.39 is 42.3 Å². The Morgan fingerprint density at radius 2 is 1.87 bits per heavy atom. The Morgan fingerprint density at radius 1 is 1.24 bits per heavy atom. The van der Waals surface area contributed by atoms with Crippen molar-refractivity contribution >= 4 is 29.0 Å². The van der Waals surface area contributed by atoms with Crippen LogP contribution in [0.25, 0.3) is 10.4 Å². The van der Waals surface area contributed by atoms with Gasteiger partial charge < -0.3 is 21.1 Å². The average molecular weight is 566 g/mol. The number of hydrogen-bond donors (Lipinski definition) is 3. The molecule has 0 spiro atoms. The van der Waals surface area contributed by atoms with Gasteiger partial charge in [-0.3, -0.25) is 9.59 Å². The first-order valence-corrected chi connectivity index (χ1v) is 13.1. The first-order chi connectivity index (χ1) is 17.9. The summed E-state index contributed by atoms with van der Waals surface area (Å²) in [4.78, 5) is 33.9. The van der Waals surface area contributed by atoms with E-state index in [9.17, 15) is 31.5 Å². The van der Waals surface area contributed by atoms with Crippen LogP contribution in [-0.2, 0) is 0 Å². The molecule has 0 bridgehead atoms. The van der Waals surface area contributed by atoms with Gasteiger partial charge in [-0.15, -0.1) is 11.3 Å². The largest absolute Gasteiger partial charge is 0.405 e. The monoisotopic (exact) mass is 565 g/mol. The lowest BCUT2D eigenvalue weighted by Crippen LogP contribution is -2.34. The Labute approximate surface area is 221 Å². The van der Waals surface area contributed by atoms with E-state index in [1.165, 1.54) is 11.3 Å². The highest BCUT2D eigenvalue weighted by Gasteiger charge is 2.33. The number of rotatable bonds is 6. The molecule has 1 aliphatic heterocycles. The van der Waals surface area contributed by atoms with Gasteiger partial charge in [0.15, 0.2) is 5.01 Å². The molecule has 3 heterocycles. The lowest BCUT2D eigenvalue weighted by molar-refractivity contribution is -0.115. The van der Waals surface area contributed by atoms with Crippen LogP contribution < -0.4 is 11.1 Å². The molecule has 212 valence electrons. The molecular formula is C24H32F5N5O3S. The molecule has 1 aliphatic carbocycles. The van der Waals surface area contributed by atoms with Crippen LogP contribution in [0.4, 0.5) is 27.8 Å². The van der Waals surface area contributed by atoms with Gasteiger partial charge in [-0.25, -0.2) is 18.7 Å². The number of aromatic nitrogens is 2. The molecule has 1 atom stereocenters. The zero-order chi connectivity index (χ0) is 28.6. The van der Waals surface area contributed by atoms with E-state index in [1.54, 1.807) is 0 Å². The molecule has 4 N–H and O–H groups in total. The third-order valence-electron chi connectivity index (χ3n) is 5.81. The predicted octanol–water partition coefficient (Wildman–Crippen LogP) is 5.40. The molecule has 14 heteroatoms. The fraction of sp³-hybridized carbons (Fsp3) is 0.583. The Bertz CT molecular complexity index is 1090. The Morgan fingerprint density at radius 3 is 2.32 bits per heavy atom. The van der Waals surface area contributed by atoms with Crippen molar-refractivity contribution in [3.8, 4) is 10.4 Å². The zero-order valence-electron chi connectivity index (χ0n) is 21.3. The molecule has 2 aliphatic rings. The second-order valence-electron chi connectivity index (χ2n) is 8.56. The van der Waals surface area contributed by atoms with Crippen molar-refractivity contribution in [3.63, 3.8) is 0 Å². The first kappa shape index (κ1) is 31.3. The number of aliphatic hydroxyl groups is 1. The number of thiazole rings is 1. The highest BCUT2D eigenvalue weighted by molar-refractivity contribution is 7.17. The summed E-state index contributed by atoms with van der Waals surface area (Å²) in [6.07, 6.45) is -1.81. The van der Waals surface area contributed by atoms with E-state index in [-0.39, 0.29) is 33.3 Å². The number of nitrogens with two attached hydrogens (primary N) is 1. The molecule has 4 rings (SSSR count). The van der Waals surface area contributed by atoms with Crippen LogP contribution in [0.15, 0.2) is 12.3 Å². The van der Waals surface area contributed by atoms with E-state index in [0.717, 1.165) is 37.9 Å². The molecule has 0 aromatic carbocycles. The second-order valence-corrected chi connectivity index (χ2v) is 9.56. The van der Waals surface area contributed by atoms with Crippen LogP contribution in [0.3, 0.4) is 0 Å². The number of anilines is 1. The number of carbonyl (C=O) groups is 2. The molecular weight excluding hydrogens is 533 g/mol. The fourth-order valence-corrected chi connectivity index (χ4v) is 4.58. The number of alkyl halides is 5. The lowest BCUT2D eigenvalue weighted by atomic mass is 9.97. The van der Waals surface area contributed by atoms with Crippen LogP contribution in [0.1, 0.15) is 85.2 Å². The second kappa shape index (κ2) is 13.8. The molecule has 1 unspecified atom stereocenters. The van der Waals surface area contributed by atoms with Crippen LogP contribution in [-0.4, -0.2) is 63.2 Å². The van der Waals surface area contributed by atoms with Crippen LogP contribution in [0, 0.1) is 0 Å². The number of primary amides is 1. The average Bonchev–Trinajstić information content (AvgIpc) is 3.49. The number of nitrogens with one attached hydrogen (secondary N) is 1. The van der Waals surface area contributed by atoms with E-state index >= 15 is 0 Å². The first-order valence-electron chi connectivity index (χ1n) is 12.3. The van der Waals surface area contributed by atoms with Crippen LogP contribution >= 0.6 is 11.3 Å². The van der Waals surface area contributed by atoms with Crippen molar-refractivity contribution in [1.29, 1.82) is 0 Å². The van der Waals surface area contributed by atoms with Crippen molar-refractivity contribution in [2.45, 2.75) is 77.6 Å². The molecule has 1 saturated carbocycles. The number of nitrogens with zero attached hydrogens (tertiary/aromatic N) is 3. The van der Waals surface area contributed by atoms with Gasteiger partial charge in [-0.2, -0.15) is 13.2 Å². The molecule has 38 heavy (non-hydrogen) atoms. The normalized spacial score (nSPS) is 17.2. The number of carbonyl (C=O) groups excluding carboxylic acids is 2. The maximum absolute atomic E-state index is 13.7. The summed E-state index contributed by atoms with van der Waals surface area (Å²) < 4.78 is 64.7. The quantitative estimate of drug-likeness (QED) is 0.404. The van der Waals surface area contributed by atoms with Gasteiger partial charge in [0, 0.05) is 29.9 Å². The van der Waals surface area contributed by atoms with Crippen molar-refractivity contribution in [2.75, 3.05) is 18.4 Å². The molecule has 2 amide bonds. The molecule has 8 nitrogen and oxygen atoms in total.